The van der Waals surface area contributed by atoms with Gasteiger partial charge in [0.1, 0.15) is 10.8 Å². The van der Waals surface area contributed by atoms with Crippen LogP contribution in [-0.2, 0) is 0 Å². The highest BCUT2D eigenvalue weighted by molar-refractivity contribution is 7.12. The maximum absolute atomic E-state index is 5.83. The van der Waals surface area contributed by atoms with Gasteiger partial charge in [-0.3, -0.25) is 4.90 Å². The van der Waals surface area contributed by atoms with Crippen molar-refractivity contribution in [2.24, 2.45) is 0 Å². The average molecular weight is 240 g/mol. The van der Waals surface area contributed by atoms with Crippen molar-refractivity contribution in [1.82, 2.24) is 14.8 Å². The first-order valence-electron chi connectivity index (χ1n) is 5.69. The Bertz CT molecular complexity index is 343. The second-order valence-electron chi connectivity index (χ2n) is 4.61. The molecule has 5 heteroatoms. The Hall–Kier alpha value is -0.650. The lowest BCUT2D eigenvalue weighted by Crippen LogP contribution is -2.30. The van der Waals surface area contributed by atoms with Gasteiger partial charge < -0.3 is 10.6 Å². The molecule has 4 nitrogen and oxygen atoms in total. The standard InChI is InChI=1S/C11H20N4S/c1-8-10(12)13-11(16-8)9-7-14(2)5-4-6-15(9)3/h9H,4-7,12H2,1-3H3. The average Bonchev–Trinajstić information content (AvgIpc) is 2.44. The van der Waals surface area contributed by atoms with Crippen molar-refractivity contribution in [3.05, 3.63) is 9.88 Å². The zero-order valence-electron chi connectivity index (χ0n) is 10.2. The van der Waals surface area contributed by atoms with Gasteiger partial charge in [0.2, 0.25) is 0 Å². The molecule has 0 radical (unpaired) electrons. The van der Waals surface area contributed by atoms with Crippen molar-refractivity contribution in [3.63, 3.8) is 0 Å². The summed E-state index contributed by atoms with van der Waals surface area (Å²) in [7, 11) is 4.35. The topological polar surface area (TPSA) is 45.4 Å². The van der Waals surface area contributed by atoms with Gasteiger partial charge in [-0.1, -0.05) is 0 Å². The Kier molecular flexibility index (Phi) is 3.47. The second kappa shape index (κ2) is 4.69. The molecule has 1 saturated heterocycles. The predicted octanol–water partition coefficient (Wildman–Crippen LogP) is 1.34. The number of rotatable bonds is 1. The number of hydrogen-bond acceptors (Lipinski definition) is 5. The lowest BCUT2D eigenvalue weighted by atomic mass is 10.2. The van der Waals surface area contributed by atoms with E-state index in [2.05, 4.69) is 28.9 Å². The fraction of sp³-hybridized carbons (Fsp3) is 0.727. The van der Waals surface area contributed by atoms with Crippen LogP contribution in [0.4, 0.5) is 5.82 Å². The first-order chi connectivity index (χ1) is 7.58. The van der Waals surface area contributed by atoms with E-state index >= 15 is 0 Å². The third kappa shape index (κ3) is 2.36. The molecule has 0 aromatic carbocycles. The van der Waals surface area contributed by atoms with E-state index in [1.54, 1.807) is 11.3 Å². The maximum atomic E-state index is 5.83. The molecule has 0 amide bonds. The minimum atomic E-state index is 0.397. The van der Waals surface area contributed by atoms with Crippen molar-refractivity contribution < 1.29 is 0 Å². The zero-order chi connectivity index (χ0) is 11.7. The van der Waals surface area contributed by atoms with Crippen molar-refractivity contribution in [3.8, 4) is 0 Å². The van der Waals surface area contributed by atoms with E-state index in [0.717, 1.165) is 23.0 Å². The van der Waals surface area contributed by atoms with Gasteiger partial charge in [-0.15, -0.1) is 11.3 Å². The van der Waals surface area contributed by atoms with Crippen molar-refractivity contribution >= 4 is 17.2 Å². The first-order valence-corrected chi connectivity index (χ1v) is 6.51. The highest BCUT2D eigenvalue weighted by atomic mass is 32.1. The summed E-state index contributed by atoms with van der Waals surface area (Å²) in [4.78, 5) is 10.4. The van der Waals surface area contributed by atoms with Gasteiger partial charge in [-0.25, -0.2) is 4.98 Å². The van der Waals surface area contributed by atoms with Crippen LogP contribution in [0.15, 0.2) is 0 Å². The molecule has 2 N–H and O–H groups in total. The molecule has 1 aliphatic heterocycles. The summed E-state index contributed by atoms with van der Waals surface area (Å²) in [6.07, 6.45) is 1.23. The Balaban J connectivity index is 2.22. The highest BCUT2D eigenvalue weighted by Gasteiger charge is 2.25. The molecule has 0 bridgehead atoms. The third-order valence-electron chi connectivity index (χ3n) is 3.20. The molecule has 1 atom stereocenters. The van der Waals surface area contributed by atoms with E-state index in [1.165, 1.54) is 13.0 Å². The number of aromatic nitrogens is 1. The summed E-state index contributed by atoms with van der Waals surface area (Å²) in [6, 6.07) is 0.397. The van der Waals surface area contributed by atoms with Gasteiger partial charge in [0.05, 0.1) is 6.04 Å². The van der Waals surface area contributed by atoms with Crippen molar-refractivity contribution in [2.45, 2.75) is 19.4 Å². The molecule has 90 valence electrons. The van der Waals surface area contributed by atoms with Crippen molar-refractivity contribution in [2.75, 3.05) is 39.5 Å². The van der Waals surface area contributed by atoms with Crippen LogP contribution >= 0.6 is 11.3 Å². The van der Waals surface area contributed by atoms with Gasteiger partial charge in [-0.2, -0.15) is 0 Å². The lowest BCUT2D eigenvalue weighted by Gasteiger charge is -2.25. The molecule has 1 unspecified atom stereocenters. The SMILES string of the molecule is Cc1sc(C2CN(C)CCCN2C)nc1N. The molecular weight excluding hydrogens is 220 g/mol. The molecule has 2 rings (SSSR count). The van der Waals surface area contributed by atoms with Gasteiger partial charge in [0, 0.05) is 11.4 Å². The number of likely N-dealkylation sites (N-methyl/N-ethyl adjacent to an activating group) is 2. The molecule has 0 spiro atoms. The van der Waals surface area contributed by atoms with Crippen LogP contribution in [-0.4, -0.2) is 48.5 Å². The number of nitrogens with zero attached hydrogens (tertiary/aromatic N) is 3. The second-order valence-corrected chi connectivity index (χ2v) is 5.84. The molecule has 16 heavy (non-hydrogen) atoms. The summed E-state index contributed by atoms with van der Waals surface area (Å²) < 4.78 is 0. The number of hydrogen-bond donors (Lipinski definition) is 1. The van der Waals surface area contributed by atoms with Gasteiger partial charge in [-0.05, 0) is 40.5 Å². The number of nitrogen functional groups attached to an aromatic ring is 1. The van der Waals surface area contributed by atoms with E-state index in [4.69, 9.17) is 5.73 Å². The summed E-state index contributed by atoms with van der Waals surface area (Å²) in [5, 5.41) is 1.16. The van der Waals surface area contributed by atoms with Crippen LogP contribution < -0.4 is 5.73 Å². The summed E-state index contributed by atoms with van der Waals surface area (Å²) in [5.74, 6) is 0.695. The fourth-order valence-corrected chi connectivity index (χ4v) is 3.11. The Labute approximate surface area is 101 Å². The van der Waals surface area contributed by atoms with Gasteiger partial charge in [0.15, 0.2) is 0 Å². The predicted molar refractivity (Wildman–Crippen MR) is 68.7 cm³/mol. The van der Waals surface area contributed by atoms with Crippen LogP contribution in [0.25, 0.3) is 0 Å². The number of anilines is 1. The minimum Gasteiger partial charge on any atom is -0.383 e. The number of thiazole rings is 1. The van der Waals surface area contributed by atoms with E-state index in [1.807, 2.05) is 6.92 Å². The van der Waals surface area contributed by atoms with Crippen molar-refractivity contribution in [1.29, 1.82) is 0 Å². The van der Waals surface area contributed by atoms with E-state index < -0.39 is 0 Å². The number of aryl methyl sites for hydroxylation is 1. The summed E-state index contributed by atoms with van der Waals surface area (Å²) in [5.41, 5.74) is 5.83. The molecule has 0 aliphatic carbocycles. The first kappa shape index (κ1) is 11.8. The Morgan fingerprint density at radius 3 is 2.75 bits per heavy atom. The lowest BCUT2D eigenvalue weighted by molar-refractivity contribution is 0.228. The largest absolute Gasteiger partial charge is 0.383 e. The molecular formula is C11H20N4S. The molecule has 1 aliphatic rings. The van der Waals surface area contributed by atoms with Crippen LogP contribution in [0.2, 0.25) is 0 Å². The molecule has 1 fully saturated rings. The van der Waals surface area contributed by atoms with E-state index in [0.29, 0.717) is 11.9 Å². The van der Waals surface area contributed by atoms with Crippen LogP contribution in [0.1, 0.15) is 22.3 Å². The zero-order valence-corrected chi connectivity index (χ0v) is 11.0. The van der Waals surface area contributed by atoms with Crippen LogP contribution in [0.3, 0.4) is 0 Å². The minimum absolute atomic E-state index is 0.397. The van der Waals surface area contributed by atoms with Crippen LogP contribution in [0.5, 0.6) is 0 Å². The highest BCUT2D eigenvalue weighted by Crippen LogP contribution is 2.29. The third-order valence-corrected chi connectivity index (χ3v) is 4.29. The Morgan fingerprint density at radius 1 is 1.38 bits per heavy atom. The molecule has 2 heterocycles. The van der Waals surface area contributed by atoms with Crippen LogP contribution in [0, 0.1) is 6.92 Å². The molecule has 1 aromatic heterocycles. The molecule has 1 aromatic rings. The summed E-state index contributed by atoms with van der Waals surface area (Å²) in [6.45, 7) is 5.38. The van der Waals surface area contributed by atoms with Gasteiger partial charge in [0.25, 0.3) is 0 Å². The Morgan fingerprint density at radius 2 is 2.12 bits per heavy atom. The smallest absolute Gasteiger partial charge is 0.137 e. The van der Waals surface area contributed by atoms with E-state index in [-0.39, 0.29) is 0 Å². The number of nitrogens with two attached hydrogens (primary N) is 1. The summed E-state index contributed by atoms with van der Waals surface area (Å²) >= 11 is 1.73. The quantitative estimate of drug-likeness (QED) is 0.804. The van der Waals surface area contributed by atoms with Gasteiger partial charge >= 0.3 is 0 Å². The molecule has 0 saturated carbocycles. The normalized spacial score (nSPS) is 24.6. The van der Waals surface area contributed by atoms with E-state index in [9.17, 15) is 0 Å². The maximum Gasteiger partial charge on any atom is 0.137 e. The fourth-order valence-electron chi connectivity index (χ4n) is 2.11. The monoisotopic (exact) mass is 240 g/mol.